The molecule has 0 spiro atoms. The predicted molar refractivity (Wildman–Crippen MR) is 74.7 cm³/mol. The first-order valence-corrected chi connectivity index (χ1v) is 7.60. The number of hydrogen-bond donors (Lipinski definition) is 0. The van der Waals surface area contributed by atoms with Crippen LogP contribution in [-0.2, 0) is 9.53 Å². The lowest BCUT2D eigenvalue weighted by Crippen LogP contribution is -2.50. The minimum Gasteiger partial charge on any atom is -0.380 e. The smallest absolute Gasteiger partial charge is 0.185 e. The third-order valence-corrected chi connectivity index (χ3v) is 4.82. The summed E-state index contributed by atoms with van der Waals surface area (Å²) >= 11 is 1.69. The van der Waals surface area contributed by atoms with Gasteiger partial charge >= 0.3 is 0 Å². The summed E-state index contributed by atoms with van der Waals surface area (Å²) in [7, 11) is 0. The topological polar surface area (TPSA) is 45.7 Å². The maximum Gasteiger partial charge on any atom is 0.185 e. The van der Waals surface area contributed by atoms with Crippen LogP contribution in [0.15, 0.2) is 11.6 Å². The Bertz CT molecular complexity index is 410. The Kier molecular flexibility index (Phi) is 3.81. The third kappa shape index (κ3) is 2.80. The summed E-state index contributed by atoms with van der Waals surface area (Å²) in [5.74, 6) is 0. The van der Waals surface area contributed by atoms with Crippen LogP contribution in [0.25, 0.3) is 0 Å². The number of aromatic nitrogens is 1. The van der Waals surface area contributed by atoms with Crippen molar-refractivity contribution in [1.82, 2.24) is 9.88 Å². The molecule has 0 amide bonds. The van der Waals surface area contributed by atoms with Crippen LogP contribution in [0.5, 0.6) is 0 Å². The molecule has 0 radical (unpaired) electrons. The quantitative estimate of drug-likeness (QED) is 0.766. The van der Waals surface area contributed by atoms with E-state index in [1.54, 1.807) is 11.3 Å². The van der Waals surface area contributed by atoms with Gasteiger partial charge in [0.25, 0.3) is 0 Å². The Morgan fingerprint density at radius 3 is 2.84 bits per heavy atom. The van der Waals surface area contributed by atoms with Gasteiger partial charge in [0.2, 0.25) is 0 Å². The summed E-state index contributed by atoms with van der Waals surface area (Å²) in [6.45, 7) is 6.11. The maximum absolute atomic E-state index is 11.3. The van der Waals surface area contributed by atoms with Gasteiger partial charge in [-0.2, -0.15) is 0 Å². The van der Waals surface area contributed by atoms with Crippen LogP contribution in [-0.4, -0.2) is 62.1 Å². The van der Waals surface area contributed by atoms with Crippen molar-refractivity contribution in [2.45, 2.75) is 6.42 Å². The molecule has 0 N–H and O–H groups in total. The molecular weight excluding hydrogens is 262 g/mol. The highest BCUT2D eigenvalue weighted by atomic mass is 32.1. The Morgan fingerprint density at radius 1 is 1.42 bits per heavy atom. The molecule has 2 aliphatic rings. The molecule has 0 saturated carbocycles. The van der Waals surface area contributed by atoms with E-state index in [2.05, 4.69) is 14.8 Å². The van der Waals surface area contributed by atoms with E-state index in [0.717, 1.165) is 57.2 Å². The largest absolute Gasteiger partial charge is 0.380 e. The average molecular weight is 281 g/mol. The molecule has 104 valence electrons. The molecule has 0 aliphatic carbocycles. The molecule has 2 aliphatic heterocycles. The minimum atomic E-state index is -0.261. The predicted octanol–water partition coefficient (Wildman–Crippen LogP) is 0.871. The van der Waals surface area contributed by atoms with E-state index in [1.165, 1.54) is 0 Å². The van der Waals surface area contributed by atoms with Crippen molar-refractivity contribution in [1.29, 1.82) is 0 Å². The number of rotatable bonds is 4. The lowest BCUT2D eigenvalue weighted by atomic mass is 9.88. The fourth-order valence-corrected chi connectivity index (χ4v) is 3.49. The summed E-state index contributed by atoms with van der Waals surface area (Å²) in [4.78, 5) is 20.4. The first kappa shape index (κ1) is 13.0. The third-order valence-electron chi connectivity index (χ3n) is 3.98. The number of hydrogen-bond acceptors (Lipinski definition) is 6. The lowest BCUT2D eigenvalue weighted by molar-refractivity contribution is -0.117. The number of thiazole rings is 1. The SMILES string of the molecule is O=CC1(CN2CCN(c3nccs3)CC2)CCOC1. The van der Waals surface area contributed by atoms with Crippen molar-refractivity contribution in [3.63, 3.8) is 0 Å². The van der Waals surface area contributed by atoms with Gasteiger partial charge in [0.15, 0.2) is 5.13 Å². The van der Waals surface area contributed by atoms with Crippen LogP contribution < -0.4 is 4.90 Å². The first-order chi connectivity index (χ1) is 9.31. The number of aldehydes is 1. The van der Waals surface area contributed by atoms with Crippen LogP contribution in [0.2, 0.25) is 0 Å². The summed E-state index contributed by atoms with van der Waals surface area (Å²) < 4.78 is 5.40. The van der Waals surface area contributed by atoms with Crippen LogP contribution in [0.3, 0.4) is 0 Å². The van der Waals surface area contributed by atoms with Crippen LogP contribution in [0.1, 0.15) is 6.42 Å². The number of nitrogens with zero attached hydrogens (tertiary/aromatic N) is 3. The highest BCUT2D eigenvalue weighted by Crippen LogP contribution is 2.28. The van der Waals surface area contributed by atoms with Gasteiger partial charge in [-0.3, -0.25) is 4.90 Å². The molecule has 0 bridgehead atoms. The van der Waals surface area contributed by atoms with Gasteiger partial charge in [-0.05, 0) is 6.42 Å². The molecule has 1 atom stereocenters. The first-order valence-electron chi connectivity index (χ1n) is 6.72. The van der Waals surface area contributed by atoms with Crippen molar-refractivity contribution in [2.75, 3.05) is 50.8 Å². The van der Waals surface area contributed by atoms with Gasteiger partial charge in [-0.15, -0.1) is 11.3 Å². The minimum absolute atomic E-state index is 0.261. The van der Waals surface area contributed by atoms with Crippen LogP contribution in [0, 0.1) is 5.41 Å². The molecule has 2 saturated heterocycles. The van der Waals surface area contributed by atoms with Gasteiger partial charge in [0, 0.05) is 50.9 Å². The van der Waals surface area contributed by atoms with Gasteiger partial charge in [-0.25, -0.2) is 4.98 Å². The summed E-state index contributed by atoms with van der Waals surface area (Å²) in [6, 6.07) is 0. The zero-order valence-electron chi connectivity index (χ0n) is 11.0. The second-order valence-electron chi connectivity index (χ2n) is 5.36. The zero-order valence-corrected chi connectivity index (χ0v) is 11.8. The summed E-state index contributed by atoms with van der Waals surface area (Å²) in [5.41, 5.74) is -0.261. The van der Waals surface area contributed by atoms with E-state index < -0.39 is 0 Å². The van der Waals surface area contributed by atoms with Crippen molar-refractivity contribution >= 4 is 22.8 Å². The van der Waals surface area contributed by atoms with E-state index in [1.807, 2.05) is 11.6 Å². The fourth-order valence-electron chi connectivity index (χ4n) is 2.79. The number of carbonyl (C=O) groups is 1. The van der Waals surface area contributed by atoms with Crippen molar-refractivity contribution in [2.24, 2.45) is 5.41 Å². The molecule has 19 heavy (non-hydrogen) atoms. The van der Waals surface area contributed by atoms with Gasteiger partial charge in [0.05, 0.1) is 12.0 Å². The molecule has 2 fully saturated rings. The van der Waals surface area contributed by atoms with E-state index in [-0.39, 0.29) is 5.41 Å². The van der Waals surface area contributed by atoms with E-state index in [9.17, 15) is 4.79 Å². The van der Waals surface area contributed by atoms with Crippen molar-refractivity contribution in [3.8, 4) is 0 Å². The Balaban J connectivity index is 1.54. The molecule has 1 aromatic heterocycles. The lowest BCUT2D eigenvalue weighted by Gasteiger charge is -2.37. The fraction of sp³-hybridized carbons (Fsp3) is 0.692. The van der Waals surface area contributed by atoms with Crippen molar-refractivity contribution < 1.29 is 9.53 Å². The zero-order chi connectivity index (χ0) is 13.1. The van der Waals surface area contributed by atoms with E-state index >= 15 is 0 Å². The van der Waals surface area contributed by atoms with Gasteiger partial charge < -0.3 is 14.4 Å². The molecule has 3 rings (SSSR count). The van der Waals surface area contributed by atoms with Gasteiger partial charge in [-0.1, -0.05) is 0 Å². The average Bonchev–Trinajstić information content (AvgIpc) is 3.11. The second kappa shape index (κ2) is 5.56. The molecule has 1 unspecified atom stereocenters. The Labute approximate surface area is 117 Å². The molecule has 0 aromatic carbocycles. The van der Waals surface area contributed by atoms with E-state index in [4.69, 9.17) is 4.74 Å². The highest BCUT2D eigenvalue weighted by Gasteiger charge is 2.37. The molecule has 6 heteroatoms. The number of carbonyl (C=O) groups excluding carboxylic acids is 1. The van der Waals surface area contributed by atoms with Crippen LogP contribution >= 0.6 is 11.3 Å². The summed E-state index contributed by atoms with van der Waals surface area (Å²) in [6.07, 6.45) is 3.82. The second-order valence-corrected chi connectivity index (χ2v) is 6.23. The van der Waals surface area contributed by atoms with Crippen LogP contribution in [0.4, 0.5) is 5.13 Å². The molecular formula is C13H19N3O2S. The Morgan fingerprint density at radius 2 is 2.26 bits per heavy atom. The standard InChI is InChI=1S/C13H19N3O2S/c17-10-13(1-7-18-11-13)9-15-3-5-16(6-4-15)12-14-2-8-19-12/h2,8,10H,1,3-7,9,11H2. The normalized spacial score (nSPS) is 28.7. The van der Waals surface area contributed by atoms with Gasteiger partial charge in [0.1, 0.15) is 6.29 Å². The molecule has 5 nitrogen and oxygen atoms in total. The summed E-state index contributed by atoms with van der Waals surface area (Å²) in [5, 5.41) is 3.12. The van der Waals surface area contributed by atoms with E-state index in [0.29, 0.717) is 6.61 Å². The molecule has 1 aromatic rings. The number of piperazine rings is 1. The highest BCUT2D eigenvalue weighted by molar-refractivity contribution is 7.13. The monoisotopic (exact) mass is 281 g/mol. The van der Waals surface area contributed by atoms with Crippen molar-refractivity contribution in [3.05, 3.63) is 11.6 Å². The Hall–Kier alpha value is -0.980. The molecule has 3 heterocycles. The maximum atomic E-state index is 11.3. The number of anilines is 1. The number of ether oxygens (including phenoxy) is 1.